The van der Waals surface area contributed by atoms with Gasteiger partial charge in [0.25, 0.3) is 0 Å². The number of nitrogens with zero attached hydrogens (tertiary/aromatic N) is 1. The molecule has 1 amide bonds. The number of anilines is 1. The molecular weight excluding hydrogens is 352 g/mol. The van der Waals surface area contributed by atoms with Crippen molar-refractivity contribution >= 4 is 40.4 Å². The van der Waals surface area contributed by atoms with Crippen LogP contribution in [0.5, 0.6) is 0 Å². The van der Waals surface area contributed by atoms with Crippen LogP contribution in [0.25, 0.3) is 28.6 Å². The van der Waals surface area contributed by atoms with Gasteiger partial charge >= 0.3 is 0 Å². The van der Waals surface area contributed by atoms with Gasteiger partial charge in [-0.1, -0.05) is 11.6 Å². The predicted molar refractivity (Wildman–Crippen MR) is 101 cm³/mol. The maximum absolute atomic E-state index is 11.9. The van der Waals surface area contributed by atoms with Gasteiger partial charge in [-0.05, 0) is 60.7 Å². The fourth-order valence-electron chi connectivity index (χ4n) is 2.45. The molecule has 4 aromatic rings. The van der Waals surface area contributed by atoms with E-state index >= 15 is 0 Å². The first-order valence-corrected chi connectivity index (χ1v) is 8.24. The Morgan fingerprint density at radius 3 is 2.73 bits per heavy atom. The lowest BCUT2D eigenvalue weighted by molar-refractivity contribution is -0.111. The van der Waals surface area contributed by atoms with Crippen LogP contribution >= 0.6 is 11.6 Å². The average Bonchev–Trinajstić information content (AvgIpc) is 3.29. The van der Waals surface area contributed by atoms with Crippen LogP contribution in [-0.2, 0) is 4.79 Å². The van der Waals surface area contributed by atoms with Crippen LogP contribution in [0.2, 0.25) is 5.02 Å². The second kappa shape index (κ2) is 6.90. The standard InChI is InChI=1S/C20H13ClN2O3/c21-14-5-9-18-17(12-14)23-20(26-18)13-3-6-15(7-4-13)22-19(24)10-8-16-2-1-11-25-16/h1-12H,(H,22,24)/b10-8+. The molecule has 26 heavy (non-hydrogen) atoms. The van der Waals surface area contributed by atoms with Crippen LogP contribution in [0.3, 0.4) is 0 Å². The molecule has 5 nitrogen and oxygen atoms in total. The van der Waals surface area contributed by atoms with Gasteiger partial charge in [0, 0.05) is 22.3 Å². The first-order valence-electron chi connectivity index (χ1n) is 7.86. The quantitative estimate of drug-likeness (QED) is 0.493. The maximum Gasteiger partial charge on any atom is 0.248 e. The van der Waals surface area contributed by atoms with E-state index in [9.17, 15) is 4.79 Å². The first-order chi connectivity index (χ1) is 12.7. The van der Waals surface area contributed by atoms with Gasteiger partial charge in [0.2, 0.25) is 11.8 Å². The van der Waals surface area contributed by atoms with E-state index < -0.39 is 0 Å². The number of carbonyl (C=O) groups is 1. The third kappa shape index (κ3) is 3.53. The molecule has 0 atom stereocenters. The first kappa shape index (κ1) is 16.2. The van der Waals surface area contributed by atoms with E-state index in [2.05, 4.69) is 10.3 Å². The number of carbonyl (C=O) groups excluding carboxylic acids is 1. The largest absolute Gasteiger partial charge is 0.465 e. The number of fused-ring (bicyclic) bond motifs is 1. The minimum Gasteiger partial charge on any atom is -0.465 e. The third-order valence-corrected chi connectivity index (χ3v) is 3.93. The molecule has 1 N–H and O–H groups in total. The minimum atomic E-state index is -0.245. The van der Waals surface area contributed by atoms with E-state index in [1.54, 1.807) is 54.8 Å². The highest BCUT2D eigenvalue weighted by atomic mass is 35.5. The molecule has 0 saturated heterocycles. The summed E-state index contributed by atoms with van der Waals surface area (Å²) in [7, 11) is 0. The molecule has 4 rings (SSSR count). The average molecular weight is 365 g/mol. The van der Waals surface area contributed by atoms with Gasteiger partial charge in [-0.15, -0.1) is 0 Å². The van der Waals surface area contributed by atoms with Crippen molar-refractivity contribution in [3.63, 3.8) is 0 Å². The van der Waals surface area contributed by atoms with Crippen LogP contribution in [0, 0.1) is 0 Å². The van der Waals surface area contributed by atoms with Gasteiger partial charge in [-0.3, -0.25) is 4.79 Å². The van der Waals surface area contributed by atoms with E-state index in [-0.39, 0.29) is 5.91 Å². The van der Waals surface area contributed by atoms with E-state index in [0.717, 1.165) is 5.56 Å². The van der Waals surface area contributed by atoms with Crippen molar-refractivity contribution in [2.24, 2.45) is 0 Å². The summed E-state index contributed by atoms with van der Waals surface area (Å²) in [6.45, 7) is 0. The Bertz CT molecular complexity index is 1080. The summed E-state index contributed by atoms with van der Waals surface area (Å²) in [6.07, 6.45) is 4.57. The highest BCUT2D eigenvalue weighted by Gasteiger charge is 2.09. The van der Waals surface area contributed by atoms with E-state index in [1.165, 1.54) is 6.08 Å². The summed E-state index contributed by atoms with van der Waals surface area (Å²) in [5.74, 6) is 0.870. The van der Waals surface area contributed by atoms with Crippen molar-refractivity contribution in [1.82, 2.24) is 4.98 Å². The number of halogens is 1. The molecule has 0 spiro atoms. The highest BCUT2D eigenvalue weighted by Crippen LogP contribution is 2.27. The van der Waals surface area contributed by atoms with E-state index in [1.807, 2.05) is 12.1 Å². The Morgan fingerprint density at radius 2 is 1.96 bits per heavy atom. The van der Waals surface area contributed by atoms with Crippen molar-refractivity contribution in [3.8, 4) is 11.5 Å². The summed E-state index contributed by atoms with van der Waals surface area (Å²) in [5.41, 5.74) is 2.85. The molecule has 0 unspecified atom stereocenters. The highest BCUT2D eigenvalue weighted by molar-refractivity contribution is 6.31. The van der Waals surface area contributed by atoms with Gasteiger partial charge in [0.05, 0.1) is 6.26 Å². The zero-order valence-corrected chi connectivity index (χ0v) is 14.2. The van der Waals surface area contributed by atoms with Crippen molar-refractivity contribution in [3.05, 3.63) is 77.7 Å². The summed E-state index contributed by atoms with van der Waals surface area (Å²) < 4.78 is 10.9. The van der Waals surface area contributed by atoms with Gasteiger partial charge in [-0.25, -0.2) is 4.98 Å². The lowest BCUT2D eigenvalue weighted by atomic mass is 10.2. The Hall–Kier alpha value is -3.31. The topological polar surface area (TPSA) is 68.3 Å². The second-order valence-electron chi connectivity index (χ2n) is 5.55. The smallest absolute Gasteiger partial charge is 0.248 e. The number of hydrogen-bond acceptors (Lipinski definition) is 4. The van der Waals surface area contributed by atoms with Gasteiger partial charge in [0.15, 0.2) is 5.58 Å². The van der Waals surface area contributed by atoms with Gasteiger partial charge < -0.3 is 14.2 Å². The van der Waals surface area contributed by atoms with Crippen LogP contribution in [0.4, 0.5) is 5.69 Å². The normalized spacial score (nSPS) is 11.3. The minimum absolute atomic E-state index is 0.245. The molecule has 0 aliphatic carbocycles. The summed E-state index contributed by atoms with van der Waals surface area (Å²) >= 11 is 5.97. The summed E-state index contributed by atoms with van der Waals surface area (Å²) in [6, 6.07) is 16.1. The Kier molecular flexibility index (Phi) is 4.29. The molecule has 0 bridgehead atoms. The van der Waals surface area contributed by atoms with Crippen LogP contribution in [0.15, 0.2) is 75.8 Å². The fourth-order valence-corrected chi connectivity index (χ4v) is 2.61. The zero-order valence-electron chi connectivity index (χ0n) is 13.5. The molecule has 0 aliphatic heterocycles. The Balaban J connectivity index is 1.48. The van der Waals surface area contributed by atoms with Gasteiger partial charge in [-0.2, -0.15) is 0 Å². The molecule has 2 heterocycles. The lowest BCUT2D eigenvalue weighted by Crippen LogP contribution is -2.07. The zero-order chi connectivity index (χ0) is 17.9. The Labute approximate surface area is 153 Å². The molecule has 0 radical (unpaired) electrons. The van der Waals surface area contributed by atoms with Crippen molar-refractivity contribution in [2.45, 2.75) is 0 Å². The second-order valence-corrected chi connectivity index (χ2v) is 5.98. The van der Waals surface area contributed by atoms with Crippen LogP contribution in [0.1, 0.15) is 5.76 Å². The third-order valence-electron chi connectivity index (χ3n) is 3.69. The number of furan rings is 1. The number of nitrogens with one attached hydrogen (secondary N) is 1. The maximum atomic E-state index is 11.9. The van der Waals surface area contributed by atoms with E-state index in [4.69, 9.17) is 20.4 Å². The monoisotopic (exact) mass is 364 g/mol. The van der Waals surface area contributed by atoms with Gasteiger partial charge in [0.1, 0.15) is 11.3 Å². The number of hydrogen-bond donors (Lipinski definition) is 1. The number of benzene rings is 2. The van der Waals surface area contributed by atoms with E-state index in [0.29, 0.717) is 33.5 Å². The lowest BCUT2D eigenvalue weighted by Gasteiger charge is -2.02. The number of rotatable bonds is 4. The molecule has 2 aromatic heterocycles. The van der Waals surface area contributed by atoms with Crippen LogP contribution < -0.4 is 5.32 Å². The molecule has 0 aliphatic rings. The molecule has 2 aromatic carbocycles. The van der Waals surface area contributed by atoms with Crippen molar-refractivity contribution in [2.75, 3.05) is 5.32 Å². The molecule has 0 saturated carbocycles. The number of oxazole rings is 1. The molecule has 0 fully saturated rings. The van der Waals surface area contributed by atoms with Crippen molar-refractivity contribution in [1.29, 1.82) is 0 Å². The SMILES string of the molecule is O=C(/C=C/c1ccco1)Nc1ccc(-c2nc3cc(Cl)ccc3o2)cc1. The number of aromatic nitrogens is 1. The Morgan fingerprint density at radius 1 is 1.12 bits per heavy atom. The molecule has 128 valence electrons. The fraction of sp³-hybridized carbons (Fsp3) is 0. The number of amides is 1. The summed E-state index contributed by atoms with van der Waals surface area (Å²) in [5, 5.41) is 3.39. The molecular formula is C20H13ClN2O3. The van der Waals surface area contributed by atoms with Crippen LogP contribution in [-0.4, -0.2) is 10.9 Å². The molecule has 6 heteroatoms. The van der Waals surface area contributed by atoms with Crippen molar-refractivity contribution < 1.29 is 13.6 Å². The predicted octanol–water partition coefficient (Wildman–Crippen LogP) is 5.39. The summed E-state index contributed by atoms with van der Waals surface area (Å²) in [4.78, 5) is 16.4.